The summed E-state index contributed by atoms with van der Waals surface area (Å²) in [4.78, 5) is 34.7. The van der Waals surface area contributed by atoms with Crippen LogP contribution in [0, 0.1) is 13.8 Å². The van der Waals surface area contributed by atoms with Crippen molar-refractivity contribution in [1.82, 2.24) is 20.4 Å². The molecule has 0 aliphatic carbocycles. The maximum absolute atomic E-state index is 11.8. The van der Waals surface area contributed by atoms with E-state index in [0.29, 0.717) is 23.5 Å². The van der Waals surface area contributed by atoms with E-state index in [1.807, 2.05) is 6.92 Å². The Hall–Kier alpha value is -2.18. The summed E-state index contributed by atoms with van der Waals surface area (Å²) in [6, 6.07) is 0. The Balaban J connectivity index is 2.58. The van der Waals surface area contributed by atoms with Crippen molar-refractivity contribution in [3.05, 3.63) is 17.0 Å². The Morgan fingerprint density at radius 3 is 2.33 bits per heavy atom. The van der Waals surface area contributed by atoms with Crippen molar-refractivity contribution in [3.8, 4) is 0 Å². The minimum atomic E-state index is -0.317. The molecule has 0 radical (unpaired) electrons. The highest BCUT2D eigenvalue weighted by Gasteiger charge is 2.16. The fourth-order valence-electron chi connectivity index (χ4n) is 2.06. The van der Waals surface area contributed by atoms with Crippen LogP contribution in [0.25, 0.3) is 0 Å². The van der Waals surface area contributed by atoms with E-state index in [0.717, 1.165) is 6.42 Å². The topological polar surface area (TPSA) is 93.1 Å². The zero-order chi connectivity index (χ0) is 16.0. The predicted octanol–water partition coefficient (Wildman–Crippen LogP) is 0.345. The average molecular weight is 294 g/mol. The predicted molar refractivity (Wildman–Crippen MR) is 78.0 cm³/mol. The molecule has 7 heteroatoms. The van der Waals surface area contributed by atoms with E-state index in [2.05, 4.69) is 15.7 Å². The Morgan fingerprint density at radius 2 is 1.81 bits per heavy atom. The quantitative estimate of drug-likeness (QED) is 0.709. The normalized spacial score (nSPS) is 10.3. The maximum atomic E-state index is 11.8. The number of carbonyl (C=O) groups is 3. The molecule has 0 unspecified atom stereocenters. The summed E-state index contributed by atoms with van der Waals surface area (Å²) in [5.41, 5.74) is 1.81. The van der Waals surface area contributed by atoms with Gasteiger partial charge in [-0.3, -0.25) is 19.1 Å². The molecule has 2 amide bonds. The third-order valence-electron chi connectivity index (χ3n) is 3.05. The van der Waals surface area contributed by atoms with Crippen LogP contribution >= 0.6 is 0 Å². The number of amides is 2. The van der Waals surface area contributed by atoms with Gasteiger partial charge in [0.25, 0.3) is 0 Å². The number of nitrogens with zero attached hydrogens (tertiary/aromatic N) is 2. The monoisotopic (exact) mass is 294 g/mol. The van der Waals surface area contributed by atoms with Crippen molar-refractivity contribution in [1.29, 1.82) is 0 Å². The number of hydrogen-bond donors (Lipinski definition) is 2. The number of ketones is 1. The Morgan fingerprint density at radius 1 is 1.14 bits per heavy atom. The zero-order valence-corrected chi connectivity index (χ0v) is 12.9. The first-order chi connectivity index (χ1) is 9.86. The summed E-state index contributed by atoms with van der Waals surface area (Å²) in [7, 11) is 0. The van der Waals surface area contributed by atoms with Crippen LogP contribution in [-0.4, -0.2) is 40.5 Å². The summed E-state index contributed by atoms with van der Waals surface area (Å²) >= 11 is 0. The summed E-state index contributed by atoms with van der Waals surface area (Å²) < 4.78 is 1.48. The van der Waals surface area contributed by atoms with Gasteiger partial charge >= 0.3 is 0 Å². The first-order valence-electron chi connectivity index (χ1n) is 6.95. The minimum Gasteiger partial charge on any atom is -0.355 e. The van der Waals surface area contributed by atoms with Crippen molar-refractivity contribution in [2.24, 2.45) is 0 Å². The molecule has 1 aromatic rings. The highest BCUT2D eigenvalue weighted by atomic mass is 16.2. The smallest absolute Gasteiger partial charge is 0.242 e. The van der Waals surface area contributed by atoms with Crippen LogP contribution in [0.1, 0.15) is 42.0 Å². The van der Waals surface area contributed by atoms with Crippen LogP contribution in [0.5, 0.6) is 0 Å². The average Bonchev–Trinajstić information content (AvgIpc) is 2.68. The Kier molecular flexibility index (Phi) is 6.08. The van der Waals surface area contributed by atoms with Crippen molar-refractivity contribution in [2.45, 2.75) is 40.7 Å². The minimum absolute atomic E-state index is 0.0129. The largest absolute Gasteiger partial charge is 0.355 e. The Labute approximate surface area is 124 Å². The second-order valence-electron chi connectivity index (χ2n) is 4.89. The Bertz CT molecular complexity index is 549. The molecule has 1 rings (SSSR count). The van der Waals surface area contributed by atoms with Crippen molar-refractivity contribution in [3.63, 3.8) is 0 Å². The van der Waals surface area contributed by atoms with Gasteiger partial charge in [-0.05, 0) is 27.2 Å². The summed E-state index contributed by atoms with van der Waals surface area (Å²) in [6.07, 6.45) is 0.846. The van der Waals surface area contributed by atoms with E-state index in [9.17, 15) is 14.4 Å². The van der Waals surface area contributed by atoms with Crippen LogP contribution < -0.4 is 10.6 Å². The molecule has 1 aromatic heterocycles. The van der Waals surface area contributed by atoms with Gasteiger partial charge in [0.2, 0.25) is 11.8 Å². The highest BCUT2D eigenvalue weighted by Crippen LogP contribution is 2.13. The highest BCUT2D eigenvalue weighted by molar-refractivity contribution is 5.96. The van der Waals surface area contributed by atoms with E-state index in [4.69, 9.17) is 0 Å². The molecule has 0 saturated carbocycles. The number of aryl methyl sites for hydroxylation is 1. The molecule has 0 atom stereocenters. The van der Waals surface area contributed by atoms with Gasteiger partial charge in [-0.15, -0.1) is 0 Å². The molecule has 21 heavy (non-hydrogen) atoms. The van der Waals surface area contributed by atoms with Gasteiger partial charge < -0.3 is 10.6 Å². The zero-order valence-electron chi connectivity index (χ0n) is 12.9. The third kappa shape index (κ3) is 4.70. The summed E-state index contributed by atoms with van der Waals surface area (Å²) in [5.74, 6) is -0.610. The molecular formula is C14H22N4O3. The van der Waals surface area contributed by atoms with Crippen molar-refractivity contribution in [2.75, 3.05) is 13.1 Å². The number of hydrogen-bond acceptors (Lipinski definition) is 4. The van der Waals surface area contributed by atoms with Crippen molar-refractivity contribution < 1.29 is 14.4 Å². The van der Waals surface area contributed by atoms with Crippen LogP contribution in [0.3, 0.4) is 0 Å². The van der Waals surface area contributed by atoms with E-state index < -0.39 is 0 Å². The molecule has 0 aliphatic heterocycles. The summed E-state index contributed by atoms with van der Waals surface area (Å²) in [6.45, 7) is 7.43. The lowest BCUT2D eigenvalue weighted by atomic mass is 10.1. The number of carbonyl (C=O) groups excluding carboxylic acids is 3. The van der Waals surface area contributed by atoms with Gasteiger partial charge in [0.1, 0.15) is 6.54 Å². The SMILES string of the molecule is CCCNC(=O)CNC(=O)Cn1nc(C)c(C(C)=O)c1C. The molecule has 2 N–H and O–H groups in total. The van der Waals surface area contributed by atoms with E-state index in [-0.39, 0.29) is 30.7 Å². The van der Waals surface area contributed by atoms with Gasteiger partial charge in [-0.2, -0.15) is 5.10 Å². The van der Waals surface area contributed by atoms with Crippen LogP contribution in [-0.2, 0) is 16.1 Å². The molecule has 0 bridgehead atoms. The standard InChI is InChI=1S/C14H22N4O3/c1-5-6-15-12(20)7-16-13(21)8-18-10(3)14(11(4)19)9(2)17-18/h5-8H2,1-4H3,(H,15,20)(H,16,21). The van der Waals surface area contributed by atoms with Gasteiger partial charge in [0, 0.05) is 12.2 Å². The van der Waals surface area contributed by atoms with E-state index >= 15 is 0 Å². The second-order valence-corrected chi connectivity index (χ2v) is 4.89. The molecule has 0 spiro atoms. The van der Waals surface area contributed by atoms with Gasteiger partial charge in [0.05, 0.1) is 17.8 Å². The lowest BCUT2D eigenvalue weighted by Gasteiger charge is -2.07. The van der Waals surface area contributed by atoms with Crippen molar-refractivity contribution >= 4 is 17.6 Å². The first kappa shape index (κ1) is 16.9. The number of rotatable bonds is 7. The molecule has 0 fully saturated rings. The second kappa shape index (κ2) is 7.56. The molecule has 7 nitrogen and oxygen atoms in total. The summed E-state index contributed by atoms with van der Waals surface area (Å²) in [5, 5.41) is 9.38. The molecule has 0 aliphatic rings. The maximum Gasteiger partial charge on any atom is 0.242 e. The molecular weight excluding hydrogens is 272 g/mol. The lowest BCUT2D eigenvalue weighted by molar-refractivity contribution is -0.126. The number of aromatic nitrogens is 2. The molecule has 116 valence electrons. The number of Topliss-reactive ketones (excluding diaryl/α,β-unsaturated/α-hetero) is 1. The molecule has 1 heterocycles. The van der Waals surface area contributed by atoms with Gasteiger partial charge in [-0.1, -0.05) is 6.92 Å². The van der Waals surface area contributed by atoms with Crippen LogP contribution in [0.4, 0.5) is 0 Å². The third-order valence-corrected chi connectivity index (χ3v) is 3.05. The molecule has 0 saturated heterocycles. The van der Waals surface area contributed by atoms with Crippen LogP contribution in [0.2, 0.25) is 0 Å². The van der Waals surface area contributed by atoms with Gasteiger partial charge in [-0.25, -0.2) is 0 Å². The fourth-order valence-corrected chi connectivity index (χ4v) is 2.06. The molecule has 0 aromatic carbocycles. The fraction of sp³-hybridized carbons (Fsp3) is 0.571. The first-order valence-corrected chi connectivity index (χ1v) is 6.95. The lowest BCUT2D eigenvalue weighted by Crippen LogP contribution is -2.38. The van der Waals surface area contributed by atoms with E-state index in [1.165, 1.54) is 11.6 Å². The number of nitrogens with one attached hydrogen (secondary N) is 2. The van der Waals surface area contributed by atoms with Gasteiger partial charge in [0.15, 0.2) is 5.78 Å². The van der Waals surface area contributed by atoms with E-state index in [1.54, 1.807) is 13.8 Å². The van der Waals surface area contributed by atoms with Crippen LogP contribution in [0.15, 0.2) is 0 Å².